The van der Waals surface area contributed by atoms with Gasteiger partial charge in [0.05, 0.1) is 5.02 Å². The number of carbonyl (C=O) groups excluding carboxylic acids is 1. The number of aryl methyl sites for hydroxylation is 1. The summed E-state index contributed by atoms with van der Waals surface area (Å²) in [6.45, 7) is 0.846. The monoisotopic (exact) mass is 396 g/mol. The first kappa shape index (κ1) is 18.5. The number of para-hydroxylation sites is 1. The Labute approximate surface area is 168 Å². The van der Waals surface area contributed by atoms with Gasteiger partial charge in [0, 0.05) is 24.2 Å². The van der Waals surface area contributed by atoms with Crippen LogP contribution in [-0.2, 0) is 17.8 Å². The molecule has 0 aliphatic carbocycles. The molecule has 0 atom stereocenters. The number of fused-ring (bicyclic) bond motifs is 1. The lowest BCUT2D eigenvalue weighted by molar-refractivity contribution is -0.118. The van der Waals surface area contributed by atoms with Crippen LogP contribution in [0.25, 0.3) is 11.4 Å². The third-order valence-electron chi connectivity index (χ3n) is 4.73. The van der Waals surface area contributed by atoms with E-state index in [1.807, 2.05) is 36.4 Å². The third kappa shape index (κ3) is 4.17. The number of nitrogens with one attached hydrogen (secondary N) is 1. The summed E-state index contributed by atoms with van der Waals surface area (Å²) in [5, 5.41) is 12.0. The highest BCUT2D eigenvalue weighted by atomic mass is 35.5. The first-order chi connectivity index (χ1) is 13.7. The molecule has 0 radical (unpaired) electrons. The molecule has 1 N–H and O–H groups in total. The molecule has 1 aliphatic rings. The summed E-state index contributed by atoms with van der Waals surface area (Å²) in [5.74, 6) is 2.18. The van der Waals surface area contributed by atoms with E-state index in [0.717, 1.165) is 36.6 Å². The molecule has 3 aromatic rings. The molecule has 0 saturated heterocycles. The molecule has 28 heavy (non-hydrogen) atoms. The standard InChI is InChI=1S/C21H21ClN4O2/c22-17-6-3-4-7-18(17)28-14-20(27)23-16-11-9-15(10-12-16)21-25-24-19-8-2-1-5-13-26(19)21/h3-4,6-7,9-12H,1-2,5,8,13-14H2,(H,23,27). The van der Waals surface area contributed by atoms with Crippen molar-refractivity contribution in [1.82, 2.24) is 14.8 Å². The Bertz CT molecular complexity index is 969. The molecule has 0 spiro atoms. The predicted molar refractivity (Wildman–Crippen MR) is 109 cm³/mol. The van der Waals surface area contributed by atoms with Crippen LogP contribution in [-0.4, -0.2) is 27.3 Å². The van der Waals surface area contributed by atoms with Crippen LogP contribution in [0.1, 0.15) is 25.1 Å². The SMILES string of the molecule is O=C(COc1ccccc1Cl)Nc1ccc(-c2nnc3n2CCCCC3)cc1. The zero-order valence-corrected chi connectivity index (χ0v) is 16.2. The topological polar surface area (TPSA) is 69.0 Å². The fraction of sp³-hybridized carbons (Fsp3) is 0.286. The van der Waals surface area contributed by atoms with Gasteiger partial charge in [-0.1, -0.05) is 30.2 Å². The van der Waals surface area contributed by atoms with Gasteiger partial charge in [-0.05, 0) is 49.2 Å². The van der Waals surface area contributed by atoms with Gasteiger partial charge in [0.1, 0.15) is 11.6 Å². The Kier molecular flexibility index (Phi) is 5.58. The van der Waals surface area contributed by atoms with E-state index < -0.39 is 0 Å². The highest BCUT2D eigenvalue weighted by Crippen LogP contribution is 2.25. The predicted octanol–water partition coefficient (Wildman–Crippen LogP) is 4.34. The molecule has 0 fully saturated rings. The smallest absolute Gasteiger partial charge is 0.262 e. The Morgan fingerprint density at radius 2 is 1.89 bits per heavy atom. The van der Waals surface area contributed by atoms with Gasteiger partial charge in [0.15, 0.2) is 12.4 Å². The number of halogens is 1. The zero-order chi connectivity index (χ0) is 19.3. The minimum atomic E-state index is -0.246. The Hall–Kier alpha value is -2.86. The van der Waals surface area contributed by atoms with E-state index in [0.29, 0.717) is 16.5 Å². The molecule has 0 unspecified atom stereocenters. The van der Waals surface area contributed by atoms with Crippen molar-refractivity contribution in [3.05, 3.63) is 59.4 Å². The van der Waals surface area contributed by atoms with Crippen molar-refractivity contribution >= 4 is 23.2 Å². The summed E-state index contributed by atoms with van der Waals surface area (Å²) < 4.78 is 7.67. The van der Waals surface area contributed by atoms with Gasteiger partial charge in [-0.15, -0.1) is 10.2 Å². The third-order valence-corrected chi connectivity index (χ3v) is 5.04. The fourth-order valence-corrected chi connectivity index (χ4v) is 3.49. The van der Waals surface area contributed by atoms with Crippen LogP contribution >= 0.6 is 11.6 Å². The molecule has 144 valence electrons. The Balaban J connectivity index is 1.39. The molecular formula is C21H21ClN4O2. The van der Waals surface area contributed by atoms with Crippen LogP contribution in [0.5, 0.6) is 5.75 Å². The minimum absolute atomic E-state index is 0.108. The average Bonchev–Trinajstić information content (AvgIpc) is 2.96. The largest absolute Gasteiger partial charge is 0.482 e. The number of amides is 1. The number of hydrogen-bond acceptors (Lipinski definition) is 4. The maximum absolute atomic E-state index is 12.1. The number of hydrogen-bond donors (Lipinski definition) is 1. The maximum atomic E-state index is 12.1. The molecule has 0 bridgehead atoms. The van der Waals surface area contributed by atoms with Crippen LogP contribution in [0.15, 0.2) is 48.5 Å². The van der Waals surface area contributed by atoms with E-state index in [1.54, 1.807) is 12.1 Å². The fourth-order valence-electron chi connectivity index (χ4n) is 3.30. The highest BCUT2D eigenvalue weighted by Gasteiger charge is 2.16. The molecule has 7 heteroatoms. The van der Waals surface area contributed by atoms with E-state index in [4.69, 9.17) is 16.3 Å². The normalized spacial score (nSPS) is 13.5. The number of ether oxygens (including phenoxy) is 1. The summed E-state index contributed by atoms with van der Waals surface area (Å²) >= 11 is 6.03. The van der Waals surface area contributed by atoms with Crippen molar-refractivity contribution in [2.75, 3.05) is 11.9 Å². The number of nitrogens with zero attached hydrogens (tertiary/aromatic N) is 3. The van der Waals surface area contributed by atoms with Gasteiger partial charge in [0.25, 0.3) is 5.91 Å². The lowest BCUT2D eigenvalue weighted by Gasteiger charge is -2.10. The molecule has 2 aromatic carbocycles. The molecule has 2 heterocycles. The van der Waals surface area contributed by atoms with Gasteiger partial charge in [-0.3, -0.25) is 4.79 Å². The Morgan fingerprint density at radius 3 is 2.71 bits per heavy atom. The number of benzene rings is 2. The van der Waals surface area contributed by atoms with E-state index in [2.05, 4.69) is 20.1 Å². The molecule has 1 amide bonds. The molecular weight excluding hydrogens is 376 g/mol. The first-order valence-corrected chi connectivity index (χ1v) is 9.78. The Morgan fingerprint density at radius 1 is 1.07 bits per heavy atom. The lowest BCUT2D eigenvalue weighted by atomic mass is 10.2. The summed E-state index contributed by atoms with van der Waals surface area (Å²) in [6.07, 6.45) is 4.52. The average molecular weight is 397 g/mol. The molecule has 1 aliphatic heterocycles. The van der Waals surface area contributed by atoms with Crippen LogP contribution in [0.3, 0.4) is 0 Å². The van der Waals surface area contributed by atoms with Crippen molar-refractivity contribution in [3.8, 4) is 17.1 Å². The number of carbonyl (C=O) groups is 1. The zero-order valence-electron chi connectivity index (χ0n) is 15.4. The van der Waals surface area contributed by atoms with Crippen molar-refractivity contribution in [2.24, 2.45) is 0 Å². The summed E-state index contributed by atoms with van der Waals surface area (Å²) in [6, 6.07) is 14.7. The van der Waals surface area contributed by atoms with Crippen LogP contribution in [0.2, 0.25) is 5.02 Å². The van der Waals surface area contributed by atoms with Gasteiger partial charge in [-0.25, -0.2) is 0 Å². The minimum Gasteiger partial charge on any atom is -0.482 e. The number of rotatable bonds is 5. The van der Waals surface area contributed by atoms with Crippen LogP contribution in [0.4, 0.5) is 5.69 Å². The molecule has 1 aromatic heterocycles. The van der Waals surface area contributed by atoms with Crippen molar-refractivity contribution in [1.29, 1.82) is 0 Å². The van der Waals surface area contributed by atoms with Gasteiger partial charge >= 0.3 is 0 Å². The maximum Gasteiger partial charge on any atom is 0.262 e. The number of aromatic nitrogens is 3. The van der Waals surface area contributed by atoms with Crippen molar-refractivity contribution in [2.45, 2.75) is 32.2 Å². The van der Waals surface area contributed by atoms with Crippen LogP contribution in [0, 0.1) is 0 Å². The van der Waals surface area contributed by atoms with Crippen LogP contribution < -0.4 is 10.1 Å². The first-order valence-electron chi connectivity index (χ1n) is 9.40. The highest BCUT2D eigenvalue weighted by molar-refractivity contribution is 6.32. The van der Waals surface area contributed by atoms with Crippen molar-refractivity contribution in [3.63, 3.8) is 0 Å². The quantitative estimate of drug-likeness (QED) is 0.696. The second-order valence-corrected chi connectivity index (χ2v) is 7.15. The summed E-state index contributed by atoms with van der Waals surface area (Å²) in [7, 11) is 0. The summed E-state index contributed by atoms with van der Waals surface area (Å²) in [5.41, 5.74) is 1.69. The second-order valence-electron chi connectivity index (χ2n) is 6.75. The van der Waals surface area contributed by atoms with Crippen molar-refractivity contribution < 1.29 is 9.53 Å². The van der Waals surface area contributed by atoms with Gasteiger partial charge in [0.2, 0.25) is 0 Å². The second kappa shape index (κ2) is 8.44. The molecule has 0 saturated carbocycles. The molecule has 4 rings (SSSR count). The summed E-state index contributed by atoms with van der Waals surface area (Å²) in [4.78, 5) is 12.1. The van der Waals surface area contributed by atoms with E-state index in [-0.39, 0.29) is 12.5 Å². The van der Waals surface area contributed by atoms with E-state index in [1.165, 1.54) is 12.8 Å². The van der Waals surface area contributed by atoms with E-state index in [9.17, 15) is 4.79 Å². The number of anilines is 1. The lowest BCUT2D eigenvalue weighted by Crippen LogP contribution is -2.20. The van der Waals surface area contributed by atoms with Gasteiger partial charge < -0.3 is 14.6 Å². The molecule has 6 nitrogen and oxygen atoms in total. The van der Waals surface area contributed by atoms with E-state index >= 15 is 0 Å². The van der Waals surface area contributed by atoms with Gasteiger partial charge in [-0.2, -0.15) is 0 Å².